The average Bonchev–Trinajstić information content (AvgIpc) is 2.39. The Hall–Kier alpha value is -1.67. The zero-order chi connectivity index (χ0) is 11.7. The molecule has 3 rings (SSSR count). The Labute approximate surface area is 99.9 Å². The van der Waals surface area contributed by atoms with Crippen LogP contribution in [0.25, 0.3) is 0 Å². The van der Waals surface area contributed by atoms with Gasteiger partial charge in [-0.3, -0.25) is 0 Å². The van der Waals surface area contributed by atoms with Crippen LogP contribution in [0.2, 0.25) is 0 Å². The topological polar surface area (TPSA) is 9.23 Å². The summed E-state index contributed by atoms with van der Waals surface area (Å²) in [4.78, 5) is 0. The standard InChI is InChI=1S/C15H13FO/c16-14-7-5-11(6-8-14)15-9-12-3-1-2-4-13(12)10-17-15/h1-8,15H,9-10H2. The van der Waals surface area contributed by atoms with Crippen LogP contribution in [0.4, 0.5) is 4.39 Å². The Morgan fingerprint density at radius 1 is 0.941 bits per heavy atom. The van der Waals surface area contributed by atoms with Crippen LogP contribution in [-0.4, -0.2) is 0 Å². The van der Waals surface area contributed by atoms with Gasteiger partial charge in [-0.25, -0.2) is 4.39 Å². The molecular formula is C15H13FO. The molecule has 1 heterocycles. The Balaban J connectivity index is 1.86. The molecule has 0 saturated heterocycles. The summed E-state index contributed by atoms with van der Waals surface area (Å²) in [5, 5.41) is 0. The summed E-state index contributed by atoms with van der Waals surface area (Å²) < 4.78 is 18.7. The molecule has 2 heteroatoms. The molecule has 86 valence electrons. The van der Waals surface area contributed by atoms with Gasteiger partial charge in [-0.1, -0.05) is 36.4 Å². The van der Waals surface area contributed by atoms with E-state index in [4.69, 9.17) is 4.74 Å². The fourth-order valence-electron chi connectivity index (χ4n) is 2.24. The molecule has 1 aliphatic heterocycles. The zero-order valence-corrected chi connectivity index (χ0v) is 9.40. The highest BCUT2D eigenvalue weighted by atomic mass is 19.1. The Kier molecular flexibility index (Phi) is 2.65. The van der Waals surface area contributed by atoms with E-state index in [1.807, 2.05) is 12.1 Å². The van der Waals surface area contributed by atoms with Gasteiger partial charge in [-0.05, 0) is 28.8 Å². The lowest BCUT2D eigenvalue weighted by Gasteiger charge is -2.25. The summed E-state index contributed by atoms with van der Waals surface area (Å²) >= 11 is 0. The zero-order valence-electron chi connectivity index (χ0n) is 9.40. The maximum atomic E-state index is 12.9. The van der Waals surface area contributed by atoms with Gasteiger partial charge in [0.2, 0.25) is 0 Å². The molecule has 1 unspecified atom stereocenters. The summed E-state index contributed by atoms with van der Waals surface area (Å²) in [6, 6.07) is 14.9. The number of hydrogen-bond acceptors (Lipinski definition) is 1. The van der Waals surface area contributed by atoms with Crippen LogP contribution in [0.15, 0.2) is 48.5 Å². The molecule has 17 heavy (non-hydrogen) atoms. The minimum Gasteiger partial charge on any atom is -0.368 e. The first-order chi connectivity index (χ1) is 8.33. The van der Waals surface area contributed by atoms with Gasteiger partial charge in [0.25, 0.3) is 0 Å². The third-order valence-electron chi connectivity index (χ3n) is 3.21. The summed E-state index contributed by atoms with van der Waals surface area (Å²) in [5.74, 6) is -0.204. The van der Waals surface area contributed by atoms with Crippen LogP contribution in [0.5, 0.6) is 0 Å². The second-order valence-electron chi connectivity index (χ2n) is 4.32. The van der Waals surface area contributed by atoms with Crippen LogP contribution in [0, 0.1) is 5.82 Å². The number of fused-ring (bicyclic) bond motifs is 1. The van der Waals surface area contributed by atoms with Gasteiger partial charge in [-0.2, -0.15) is 0 Å². The molecule has 1 nitrogen and oxygen atoms in total. The molecule has 1 atom stereocenters. The van der Waals surface area contributed by atoms with Crippen LogP contribution in [0.1, 0.15) is 22.8 Å². The number of ether oxygens (including phenoxy) is 1. The highest BCUT2D eigenvalue weighted by Gasteiger charge is 2.19. The summed E-state index contributed by atoms with van der Waals surface area (Å²) in [5.41, 5.74) is 3.62. The van der Waals surface area contributed by atoms with Crippen molar-refractivity contribution in [3.63, 3.8) is 0 Å². The molecule has 0 aromatic heterocycles. The van der Waals surface area contributed by atoms with E-state index in [0.717, 1.165) is 12.0 Å². The number of hydrogen-bond donors (Lipinski definition) is 0. The van der Waals surface area contributed by atoms with Crippen molar-refractivity contribution in [2.24, 2.45) is 0 Å². The molecular weight excluding hydrogens is 215 g/mol. The highest BCUT2D eigenvalue weighted by molar-refractivity contribution is 5.31. The molecule has 0 radical (unpaired) electrons. The molecule has 1 aliphatic rings. The number of halogens is 1. The van der Waals surface area contributed by atoms with Crippen molar-refractivity contribution in [3.05, 3.63) is 71.0 Å². The predicted molar refractivity (Wildman–Crippen MR) is 64.1 cm³/mol. The third-order valence-corrected chi connectivity index (χ3v) is 3.21. The van der Waals surface area contributed by atoms with Gasteiger partial charge >= 0.3 is 0 Å². The van der Waals surface area contributed by atoms with Gasteiger partial charge < -0.3 is 4.74 Å². The number of rotatable bonds is 1. The lowest BCUT2D eigenvalue weighted by Crippen LogP contribution is -2.15. The average molecular weight is 228 g/mol. The third kappa shape index (κ3) is 2.08. The van der Waals surface area contributed by atoms with Crippen LogP contribution in [0.3, 0.4) is 0 Å². The first kappa shape index (κ1) is 10.5. The lowest BCUT2D eigenvalue weighted by molar-refractivity contribution is 0.0274. The van der Waals surface area contributed by atoms with Crippen molar-refractivity contribution < 1.29 is 9.13 Å². The maximum absolute atomic E-state index is 12.9. The van der Waals surface area contributed by atoms with Gasteiger partial charge in [-0.15, -0.1) is 0 Å². The van der Waals surface area contributed by atoms with E-state index in [0.29, 0.717) is 6.61 Å². The molecule has 2 aromatic carbocycles. The van der Waals surface area contributed by atoms with E-state index in [-0.39, 0.29) is 11.9 Å². The second kappa shape index (κ2) is 4.30. The fraction of sp³-hybridized carbons (Fsp3) is 0.200. The first-order valence-corrected chi connectivity index (χ1v) is 5.77. The van der Waals surface area contributed by atoms with Crippen molar-refractivity contribution in [1.82, 2.24) is 0 Å². The van der Waals surface area contributed by atoms with Crippen molar-refractivity contribution >= 4 is 0 Å². The predicted octanol–water partition coefficient (Wildman–Crippen LogP) is 3.64. The van der Waals surface area contributed by atoms with Gasteiger partial charge in [0.05, 0.1) is 12.7 Å². The SMILES string of the molecule is Fc1ccc(C2Cc3ccccc3CO2)cc1. The van der Waals surface area contributed by atoms with Crippen molar-refractivity contribution in [2.75, 3.05) is 0 Å². The molecule has 0 amide bonds. The normalized spacial score (nSPS) is 18.8. The molecule has 0 saturated carbocycles. The smallest absolute Gasteiger partial charge is 0.123 e. The Bertz CT molecular complexity index is 519. The maximum Gasteiger partial charge on any atom is 0.123 e. The van der Waals surface area contributed by atoms with Crippen molar-refractivity contribution in [3.8, 4) is 0 Å². The van der Waals surface area contributed by atoms with E-state index in [1.54, 1.807) is 12.1 Å². The number of benzene rings is 2. The van der Waals surface area contributed by atoms with Crippen LogP contribution >= 0.6 is 0 Å². The van der Waals surface area contributed by atoms with Gasteiger partial charge in [0.1, 0.15) is 5.82 Å². The van der Waals surface area contributed by atoms with Gasteiger partial charge in [0, 0.05) is 6.42 Å². The molecule has 0 N–H and O–H groups in total. The lowest BCUT2D eigenvalue weighted by atomic mass is 9.95. The molecule has 0 spiro atoms. The van der Waals surface area contributed by atoms with Crippen molar-refractivity contribution in [2.45, 2.75) is 19.1 Å². The van der Waals surface area contributed by atoms with E-state index >= 15 is 0 Å². The minimum absolute atomic E-state index is 0.0468. The quantitative estimate of drug-likeness (QED) is 0.724. The van der Waals surface area contributed by atoms with Crippen LogP contribution < -0.4 is 0 Å². The largest absolute Gasteiger partial charge is 0.368 e. The van der Waals surface area contributed by atoms with Crippen LogP contribution in [-0.2, 0) is 17.8 Å². The monoisotopic (exact) mass is 228 g/mol. The highest BCUT2D eigenvalue weighted by Crippen LogP contribution is 2.30. The molecule has 0 bridgehead atoms. The Morgan fingerprint density at radius 2 is 1.65 bits per heavy atom. The van der Waals surface area contributed by atoms with Gasteiger partial charge in [0.15, 0.2) is 0 Å². The Morgan fingerprint density at radius 3 is 2.41 bits per heavy atom. The van der Waals surface area contributed by atoms with E-state index in [1.165, 1.54) is 23.3 Å². The second-order valence-corrected chi connectivity index (χ2v) is 4.32. The molecule has 2 aromatic rings. The first-order valence-electron chi connectivity index (χ1n) is 5.77. The molecule has 0 aliphatic carbocycles. The molecule has 0 fully saturated rings. The summed E-state index contributed by atoms with van der Waals surface area (Å²) in [6.07, 6.45) is 0.910. The summed E-state index contributed by atoms with van der Waals surface area (Å²) in [7, 11) is 0. The minimum atomic E-state index is -0.204. The van der Waals surface area contributed by atoms with E-state index < -0.39 is 0 Å². The van der Waals surface area contributed by atoms with E-state index in [9.17, 15) is 4.39 Å². The fourth-order valence-corrected chi connectivity index (χ4v) is 2.24. The van der Waals surface area contributed by atoms with Crippen molar-refractivity contribution in [1.29, 1.82) is 0 Å². The van der Waals surface area contributed by atoms with E-state index in [2.05, 4.69) is 12.1 Å². The summed E-state index contributed by atoms with van der Waals surface area (Å²) in [6.45, 7) is 0.637.